The Balaban J connectivity index is 1.67. The van der Waals surface area contributed by atoms with Gasteiger partial charge in [0.05, 0.1) is 0 Å². The predicted octanol–water partition coefficient (Wildman–Crippen LogP) is 3.07. The Morgan fingerprint density at radius 3 is 3.00 bits per heavy atom. The zero-order chi connectivity index (χ0) is 13.1. The van der Waals surface area contributed by atoms with Gasteiger partial charge in [-0.15, -0.1) is 11.3 Å². The molecule has 2 nitrogen and oxygen atoms in total. The maximum atomic E-state index is 3.53. The highest BCUT2D eigenvalue weighted by molar-refractivity contribution is 7.09. The molecule has 1 atom stereocenters. The van der Waals surface area contributed by atoms with Crippen LogP contribution >= 0.6 is 11.3 Å². The van der Waals surface area contributed by atoms with Crippen LogP contribution in [-0.4, -0.2) is 25.0 Å². The molecule has 0 spiro atoms. The van der Waals surface area contributed by atoms with Crippen LogP contribution in [0.1, 0.15) is 21.9 Å². The molecule has 1 aliphatic rings. The second kappa shape index (κ2) is 5.87. The van der Waals surface area contributed by atoms with E-state index in [0.29, 0.717) is 5.92 Å². The molecule has 1 N–H and O–H groups in total. The Morgan fingerprint density at radius 1 is 1.26 bits per heavy atom. The summed E-state index contributed by atoms with van der Waals surface area (Å²) in [5, 5.41) is 5.68. The normalized spacial score (nSPS) is 18.5. The van der Waals surface area contributed by atoms with Crippen molar-refractivity contribution in [2.75, 3.05) is 20.1 Å². The van der Waals surface area contributed by atoms with E-state index < -0.39 is 0 Å². The largest absolute Gasteiger partial charge is 0.312 e. The van der Waals surface area contributed by atoms with Crippen LogP contribution in [0.5, 0.6) is 0 Å². The molecule has 100 valence electrons. The minimum Gasteiger partial charge on any atom is -0.312 e. The Kier molecular flexibility index (Phi) is 3.97. The van der Waals surface area contributed by atoms with Crippen molar-refractivity contribution in [3.05, 3.63) is 57.8 Å². The van der Waals surface area contributed by atoms with Gasteiger partial charge in [-0.3, -0.25) is 0 Å². The Labute approximate surface area is 119 Å². The van der Waals surface area contributed by atoms with E-state index in [9.17, 15) is 0 Å². The van der Waals surface area contributed by atoms with Crippen LogP contribution in [0.15, 0.2) is 41.8 Å². The summed E-state index contributed by atoms with van der Waals surface area (Å²) < 4.78 is 0. The third kappa shape index (κ3) is 3.06. The average Bonchev–Trinajstić information content (AvgIpc) is 2.92. The van der Waals surface area contributed by atoms with Crippen LogP contribution in [0.4, 0.5) is 0 Å². The van der Waals surface area contributed by atoms with Crippen LogP contribution in [0, 0.1) is 0 Å². The van der Waals surface area contributed by atoms with Gasteiger partial charge in [0.2, 0.25) is 0 Å². The molecule has 2 aromatic rings. The first kappa shape index (κ1) is 12.9. The van der Waals surface area contributed by atoms with Gasteiger partial charge >= 0.3 is 0 Å². The number of hydrogen-bond acceptors (Lipinski definition) is 3. The molecule has 19 heavy (non-hydrogen) atoms. The average molecular weight is 272 g/mol. The Morgan fingerprint density at radius 2 is 2.16 bits per heavy atom. The topological polar surface area (TPSA) is 15.3 Å². The minimum atomic E-state index is 0.606. The fourth-order valence-electron chi connectivity index (χ4n) is 2.86. The summed E-state index contributed by atoms with van der Waals surface area (Å²) in [5.74, 6) is 0.606. The van der Waals surface area contributed by atoms with Gasteiger partial charge in [-0.05, 0) is 29.6 Å². The second-order valence-electron chi connectivity index (χ2n) is 5.30. The Hall–Kier alpha value is -1.16. The van der Waals surface area contributed by atoms with E-state index in [-0.39, 0.29) is 0 Å². The Bertz CT molecular complexity index is 521. The lowest BCUT2D eigenvalue weighted by Gasteiger charge is -2.29. The van der Waals surface area contributed by atoms with Gasteiger partial charge in [0.15, 0.2) is 0 Å². The number of nitrogens with one attached hydrogen (secondary N) is 1. The van der Waals surface area contributed by atoms with Crippen molar-refractivity contribution in [3.8, 4) is 0 Å². The van der Waals surface area contributed by atoms with E-state index in [1.165, 1.54) is 16.0 Å². The summed E-state index contributed by atoms with van der Waals surface area (Å²) in [6.45, 7) is 4.27. The van der Waals surface area contributed by atoms with Gasteiger partial charge in [0, 0.05) is 37.0 Å². The summed E-state index contributed by atoms with van der Waals surface area (Å²) in [5.41, 5.74) is 2.99. The molecule has 1 aliphatic heterocycles. The number of likely N-dealkylation sites (N-methyl/N-ethyl adjacent to an activating group) is 1. The van der Waals surface area contributed by atoms with Gasteiger partial charge in [-0.2, -0.15) is 0 Å². The molecule has 3 rings (SSSR count). The highest BCUT2D eigenvalue weighted by Gasteiger charge is 2.20. The van der Waals surface area contributed by atoms with Gasteiger partial charge in [-0.1, -0.05) is 30.3 Å². The van der Waals surface area contributed by atoms with E-state index in [4.69, 9.17) is 0 Å². The van der Waals surface area contributed by atoms with Crippen molar-refractivity contribution in [2.45, 2.75) is 19.0 Å². The van der Waals surface area contributed by atoms with Crippen molar-refractivity contribution < 1.29 is 0 Å². The van der Waals surface area contributed by atoms with Crippen LogP contribution < -0.4 is 5.32 Å². The molecule has 1 aromatic carbocycles. The molecule has 0 saturated heterocycles. The molecule has 0 saturated carbocycles. The smallest absolute Gasteiger partial charge is 0.0325 e. The maximum Gasteiger partial charge on any atom is 0.0325 e. The number of thiophene rings is 1. The van der Waals surface area contributed by atoms with E-state index in [1.807, 2.05) is 11.3 Å². The molecule has 2 heterocycles. The number of nitrogens with zero attached hydrogens (tertiary/aromatic N) is 1. The van der Waals surface area contributed by atoms with E-state index in [1.54, 1.807) is 0 Å². The standard InChI is InChI=1S/C16H20N2S/c1-18(12-15-6-4-8-19-15)11-14-10-17-9-13-5-2-3-7-16(13)14/h2-8,14,17H,9-12H2,1H3. The summed E-state index contributed by atoms with van der Waals surface area (Å²) in [6.07, 6.45) is 0. The SMILES string of the molecule is CN(Cc1cccs1)CC1CNCc2ccccc21. The van der Waals surface area contributed by atoms with Crippen LogP contribution in [-0.2, 0) is 13.1 Å². The fourth-order valence-corrected chi connectivity index (χ4v) is 3.64. The summed E-state index contributed by atoms with van der Waals surface area (Å²) in [6, 6.07) is 13.2. The first-order valence-electron chi connectivity index (χ1n) is 6.82. The zero-order valence-corrected chi connectivity index (χ0v) is 12.1. The summed E-state index contributed by atoms with van der Waals surface area (Å²) in [7, 11) is 2.22. The zero-order valence-electron chi connectivity index (χ0n) is 11.3. The number of fused-ring (bicyclic) bond motifs is 1. The van der Waals surface area contributed by atoms with Crippen LogP contribution in [0.3, 0.4) is 0 Å². The molecule has 0 fully saturated rings. The van der Waals surface area contributed by atoms with Crippen molar-refractivity contribution in [3.63, 3.8) is 0 Å². The third-order valence-electron chi connectivity index (χ3n) is 3.74. The second-order valence-corrected chi connectivity index (χ2v) is 6.33. The molecule has 1 unspecified atom stereocenters. The number of rotatable bonds is 4. The summed E-state index contributed by atoms with van der Waals surface area (Å²) >= 11 is 1.84. The van der Waals surface area contributed by atoms with Crippen molar-refractivity contribution >= 4 is 11.3 Å². The van der Waals surface area contributed by atoms with E-state index in [2.05, 4.69) is 59.0 Å². The monoisotopic (exact) mass is 272 g/mol. The maximum absolute atomic E-state index is 3.53. The lowest BCUT2D eigenvalue weighted by molar-refractivity contribution is 0.296. The van der Waals surface area contributed by atoms with Crippen molar-refractivity contribution in [2.24, 2.45) is 0 Å². The molecule has 0 radical (unpaired) electrons. The first-order chi connectivity index (χ1) is 9.33. The highest BCUT2D eigenvalue weighted by Crippen LogP contribution is 2.25. The molecule has 1 aromatic heterocycles. The lowest BCUT2D eigenvalue weighted by atomic mass is 9.90. The summed E-state index contributed by atoms with van der Waals surface area (Å²) in [4.78, 5) is 3.87. The fraction of sp³-hybridized carbons (Fsp3) is 0.375. The lowest BCUT2D eigenvalue weighted by Crippen LogP contribution is -2.35. The van der Waals surface area contributed by atoms with Crippen LogP contribution in [0.25, 0.3) is 0 Å². The van der Waals surface area contributed by atoms with E-state index in [0.717, 1.165) is 26.2 Å². The van der Waals surface area contributed by atoms with Crippen LogP contribution in [0.2, 0.25) is 0 Å². The first-order valence-corrected chi connectivity index (χ1v) is 7.70. The minimum absolute atomic E-state index is 0.606. The third-order valence-corrected chi connectivity index (χ3v) is 4.60. The van der Waals surface area contributed by atoms with Crippen molar-refractivity contribution in [1.82, 2.24) is 10.2 Å². The molecule has 0 amide bonds. The number of benzene rings is 1. The highest BCUT2D eigenvalue weighted by atomic mass is 32.1. The molecular formula is C16H20N2S. The van der Waals surface area contributed by atoms with Gasteiger partial charge in [0.1, 0.15) is 0 Å². The predicted molar refractivity (Wildman–Crippen MR) is 81.5 cm³/mol. The molecule has 0 aliphatic carbocycles. The van der Waals surface area contributed by atoms with Crippen molar-refractivity contribution in [1.29, 1.82) is 0 Å². The molecule has 0 bridgehead atoms. The quantitative estimate of drug-likeness (QED) is 0.920. The van der Waals surface area contributed by atoms with Gasteiger partial charge < -0.3 is 10.2 Å². The van der Waals surface area contributed by atoms with Gasteiger partial charge in [0.25, 0.3) is 0 Å². The number of hydrogen-bond donors (Lipinski definition) is 1. The molecule has 3 heteroatoms. The molecular weight excluding hydrogens is 252 g/mol. The van der Waals surface area contributed by atoms with E-state index >= 15 is 0 Å². The van der Waals surface area contributed by atoms with Gasteiger partial charge in [-0.25, -0.2) is 0 Å².